The normalized spacial score (nSPS) is 11.8. The van der Waals surface area contributed by atoms with Gasteiger partial charge in [-0.2, -0.15) is 0 Å². The summed E-state index contributed by atoms with van der Waals surface area (Å²) in [5.74, 6) is 0. The van der Waals surface area contributed by atoms with E-state index in [9.17, 15) is 0 Å². The third-order valence-electron chi connectivity index (χ3n) is 5.68. The second-order valence-corrected chi connectivity index (χ2v) is 21.9. The average molecular weight is 454 g/mol. The van der Waals surface area contributed by atoms with Crippen molar-refractivity contribution in [3.63, 3.8) is 0 Å². The average Bonchev–Trinajstić information content (AvgIpc) is 3.09. The number of aryl methyl sites for hydroxylation is 2. The zero-order valence-electron chi connectivity index (χ0n) is 17.3. The molecule has 0 N–H and O–H groups in total. The topological polar surface area (TPSA) is 8.81 Å². The Morgan fingerprint density at radius 1 is 0.920 bits per heavy atom. The molecule has 0 radical (unpaired) electrons. The molecule has 0 aliphatic rings. The Morgan fingerprint density at radius 2 is 1.56 bits per heavy atom. The summed E-state index contributed by atoms with van der Waals surface area (Å²) in [6.07, 6.45) is 20.2. The van der Waals surface area contributed by atoms with E-state index in [0.717, 1.165) is 6.54 Å². The van der Waals surface area contributed by atoms with Gasteiger partial charge in [0, 0.05) is 0 Å². The minimum atomic E-state index is -1.93. The Kier molecular flexibility index (Phi) is 12.7. The maximum atomic E-state index is 4.11. The SMILES string of the molecule is C=C[CH2][Sn]([CH2]CCC)([CH2]CCC)[CH2]CCCCC[n+]1ccn(CC)c1. The fraction of sp³-hybridized carbons (Fsp3) is 0.773. The van der Waals surface area contributed by atoms with Crippen molar-refractivity contribution in [2.24, 2.45) is 0 Å². The molecule has 0 saturated heterocycles. The second-order valence-electron chi connectivity index (χ2n) is 7.85. The van der Waals surface area contributed by atoms with Crippen molar-refractivity contribution in [2.45, 2.75) is 103 Å². The number of unbranched alkanes of at least 4 members (excludes halogenated alkanes) is 5. The molecule has 0 spiro atoms. The van der Waals surface area contributed by atoms with Crippen molar-refractivity contribution < 1.29 is 4.57 Å². The van der Waals surface area contributed by atoms with Gasteiger partial charge in [0.05, 0.1) is 0 Å². The number of rotatable bonds is 16. The molecule has 0 aliphatic heterocycles. The fourth-order valence-electron chi connectivity index (χ4n) is 4.00. The summed E-state index contributed by atoms with van der Waals surface area (Å²) in [4.78, 5) is 0. The predicted molar refractivity (Wildman–Crippen MR) is 114 cm³/mol. The molecule has 0 aliphatic carbocycles. The van der Waals surface area contributed by atoms with Gasteiger partial charge >= 0.3 is 162 Å². The molecule has 144 valence electrons. The monoisotopic (exact) mass is 455 g/mol. The van der Waals surface area contributed by atoms with Gasteiger partial charge in [0.2, 0.25) is 0 Å². The minimum absolute atomic E-state index is 1.07. The van der Waals surface area contributed by atoms with Crippen LogP contribution in [0.4, 0.5) is 0 Å². The maximum absolute atomic E-state index is 4.11. The summed E-state index contributed by atoms with van der Waals surface area (Å²) >= 11 is -1.93. The molecule has 0 amide bonds. The summed E-state index contributed by atoms with van der Waals surface area (Å²) in [5.41, 5.74) is 0. The number of allylic oxidation sites excluding steroid dienone is 1. The van der Waals surface area contributed by atoms with Crippen LogP contribution in [0.3, 0.4) is 0 Å². The Labute approximate surface area is 161 Å². The van der Waals surface area contributed by atoms with Crippen molar-refractivity contribution in [1.29, 1.82) is 0 Å². The van der Waals surface area contributed by atoms with Crippen molar-refractivity contribution in [3.05, 3.63) is 31.4 Å². The third-order valence-corrected chi connectivity index (χ3v) is 21.1. The zero-order chi connectivity index (χ0) is 18.4. The first-order chi connectivity index (χ1) is 12.2. The van der Waals surface area contributed by atoms with E-state index in [4.69, 9.17) is 0 Å². The first kappa shape index (κ1) is 22.8. The Morgan fingerprint density at radius 3 is 2.12 bits per heavy atom. The van der Waals surface area contributed by atoms with Crippen molar-refractivity contribution in [1.82, 2.24) is 4.57 Å². The summed E-state index contributed by atoms with van der Waals surface area (Å²) in [6, 6.07) is 0. The van der Waals surface area contributed by atoms with Crippen LogP contribution in [0, 0.1) is 0 Å². The first-order valence-electron chi connectivity index (χ1n) is 10.9. The molecule has 3 heteroatoms. The molecule has 1 aromatic heterocycles. The van der Waals surface area contributed by atoms with E-state index in [-0.39, 0.29) is 0 Å². The third kappa shape index (κ3) is 9.30. The Hall–Kier alpha value is -0.251. The second kappa shape index (κ2) is 13.9. The molecule has 0 fully saturated rings. The summed E-state index contributed by atoms with van der Waals surface area (Å²) in [7, 11) is 0. The van der Waals surface area contributed by atoms with Crippen LogP contribution in [-0.2, 0) is 13.1 Å². The van der Waals surface area contributed by atoms with Gasteiger partial charge < -0.3 is 0 Å². The summed E-state index contributed by atoms with van der Waals surface area (Å²) in [6.45, 7) is 13.3. The number of hydrogen-bond donors (Lipinski definition) is 0. The molecule has 1 aromatic rings. The van der Waals surface area contributed by atoms with Crippen LogP contribution in [0.25, 0.3) is 0 Å². The molecule has 1 rings (SSSR count). The fourth-order valence-corrected chi connectivity index (χ4v) is 18.8. The van der Waals surface area contributed by atoms with Crippen LogP contribution < -0.4 is 4.57 Å². The van der Waals surface area contributed by atoms with Gasteiger partial charge in [-0.15, -0.1) is 0 Å². The molecule has 0 bridgehead atoms. The van der Waals surface area contributed by atoms with Gasteiger partial charge in [0.15, 0.2) is 0 Å². The molecule has 25 heavy (non-hydrogen) atoms. The van der Waals surface area contributed by atoms with Crippen LogP contribution in [-0.4, -0.2) is 22.9 Å². The quantitative estimate of drug-likeness (QED) is 0.115. The number of nitrogens with zero attached hydrogens (tertiary/aromatic N) is 2. The van der Waals surface area contributed by atoms with Crippen LogP contribution in [0.5, 0.6) is 0 Å². The van der Waals surface area contributed by atoms with E-state index in [2.05, 4.69) is 61.3 Å². The number of imidazole rings is 1. The van der Waals surface area contributed by atoms with E-state index >= 15 is 0 Å². The first-order valence-corrected chi connectivity index (χ1v) is 18.9. The van der Waals surface area contributed by atoms with Crippen LogP contribution in [0.1, 0.15) is 72.1 Å². The van der Waals surface area contributed by atoms with E-state index in [1.807, 2.05) is 0 Å². The number of hydrogen-bond acceptors (Lipinski definition) is 0. The van der Waals surface area contributed by atoms with Gasteiger partial charge in [-0.1, -0.05) is 0 Å². The van der Waals surface area contributed by atoms with E-state index in [0.29, 0.717) is 0 Å². The van der Waals surface area contributed by atoms with Crippen molar-refractivity contribution in [3.8, 4) is 0 Å². The van der Waals surface area contributed by atoms with Crippen molar-refractivity contribution in [2.75, 3.05) is 0 Å². The van der Waals surface area contributed by atoms with Gasteiger partial charge in [-0.3, -0.25) is 0 Å². The van der Waals surface area contributed by atoms with Crippen LogP contribution in [0.15, 0.2) is 31.4 Å². The van der Waals surface area contributed by atoms with E-state index in [1.54, 1.807) is 13.3 Å². The Bertz CT molecular complexity index is 445. The standard InChI is InChI=1S/C11H20N2.2C4H9.C3H5.Sn/c1-3-5-6-7-8-13-10-9-12(4-2)11-13;2*1-3-4-2;1-3-2;/h9-11H,1,3-8H2,2H3;2*1,3-4H2,2H3;3H,1-2H2;/q+1;;;;. The number of aromatic nitrogens is 2. The van der Waals surface area contributed by atoms with Crippen LogP contribution >= 0.6 is 0 Å². The molecule has 0 unspecified atom stereocenters. The molecule has 2 nitrogen and oxygen atoms in total. The molecular weight excluding hydrogens is 411 g/mol. The van der Waals surface area contributed by atoms with Gasteiger partial charge in [-0.25, -0.2) is 0 Å². The van der Waals surface area contributed by atoms with E-state index in [1.165, 1.54) is 62.3 Å². The van der Waals surface area contributed by atoms with E-state index < -0.39 is 18.4 Å². The predicted octanol–water partition coefficient (Wildman–Crippen LogP) is 6.59. The molecule has 0 atom stereocenters. The summed E-state index contributed by atoms with van der Waals surface area (Å²) < 4.78 is 10.8. The van der Waals surface area contributed by atoms with Gasteiger partial charge in [0.1, 0.15) is 0 Å². The van der Waals surface area contributed by atoms with Crippen LogP contribution in [0.2, 0.25) is 17.7 Å². The molecule has 1 heterocycles. The van der Waals surface area contributed by atoms with Gasteiger partial charge in [0.25, 0.3) is 0 Å². The zero-order valence-corrected chi connectivity index (χ0v) is 20.2. The Balaban J connectivity index is 2.32. The van der Waals surface area contributed by atoms with Crippen molar-refractivity contribution >= 4 is 18.4 Å². The van der Waals surface area contributed by atoms with Gasteiger partial charge in [-0.05, 0) is 0 Å². The molecule has 0 saturated carbocycles. The summed E-state index contributed by atoms with van der Waals surface area (Å²) in [5, 5.41) is 0. The molecule has 0 aromatic carbocycles. The molecular formula is C22H43N2Sn+.